The normalized spacial score (nSPS) is 11.3. The summed E-state index contributed by atoms with van der Waals surface area (Å²) in [5, 5.41) is 6.05. The number of esters is 1. The van der Waals surface area contributed by atoms with Crippen LogP contribution in [0.5, 0.6) is 5.75 Å². The number of nitrogens with zero attached hydrogens (tertiary/aromatic N) is 1. The van der Waals surface area contributed by atoms with Crippen molar-refractivity contribution in [1.29, 1.82) is 0 Å². The van der Waals surface area contributed by atoms with Crippen molar-refractivity contribution in [3.63, 3.8) is 0 Å². The van der Waals surface area contributed by atoms with Gasteiger partial charge in [0.2, 0.25) is 0 Å². The standard InChI is InChI=1S/C26H21ClN2O4S/c1-3-29-20-7-5-4-6-17(20)19-12-15(8-11-21(19)29)28-23(30)14-33-26(31)25-24(27)18-10-9-16(32-2)13-22(18)34-25/h4-13H,3,14H2,1-2H3,(H,28,30). The van der Waals surface area contributed by atoms with Gasteiger partial charge in [-0.25, -0.2) is 4.79 Å². The molecule has 5 rings (SSSR count). The van der Waals surface area contributed by atoms with Crippen LogP contribution >= 0.6 is 22.9 Å². The van der Waals surface area contributed by atoms with Gasteiger partial charge in [-0.3, -0.25) is 4.79 Å². The Balaban J connectivity index is 1.31. The summed E-state index contributed by atoms with van der Waals surface area (Å²) < 4.78 is 13.5. The molecule has 0 fully saturated rings. The summed E-state index contributed by atoms with van der Waals surface area (Å²) in [6.45, 7) is 2.54. The minimum atomic E-state index is -0.637. The van der Waals surface area contributed by atoms with Crippen LogP contribution < -0.4 is 10.1 Å². The topological polar surface area (TPSA) is 69.6 Å². The molecule has 2 aromatic heterocycles. The van der Waals surface area contributed by atoms with Crippen LogP contribution in [0.15, 0.2) is 60.7 Å². The number of halogens is 1. The molecule has 1 N–H and O–H groups in total. The molecule has 8 heteroatoms. The third-order valence-electron chi connectivity index (χ3n) is 5.73. The quantitative estimate of drug-likeness (QED) is 0.275. The molecule has 1 amide bonds. The van der Waals surface area contributed by atoms with Gasteiger partial charge in [-0.15, -0.1) is 11.3 Å². The fourth-order valence-electron chi connectivity index (χ4n) is 4.17. The first-order chi connectivity index (χ1) is 16.5. The van der Waals surface area contributed by atoms with Gasteiger partial charge < -0.3 is 19.4 Å². The number of thiophene rings is 1. The number of carbonyl (C=O) groups excluding carboxylic acids is 2. The lowest BCUT2D eigenvalue weighted by atomic mass is 10.1. The van der Waals surface area contributed by atoms with Gasteiger partial charge in [0.15, 0.2) is 6.61 Å². The Morgan fingerprint density at radius 3 is 2.59 bits per heavy atom. The smallest absolute Gasteiger partial charge is 0.350 e. The average Bonchev–Trinajstić information content (AvgIpc) is 3.36. The molecule has 0 aliphatic carbocycles. The lowest BCUT2D eigenvalue weighted by Gasteiger charge is -2.07. The number of hydrogen-bond acceptors (Lipinski definition) is 5. The van der Waals surface area contributed by atoms with Crippen LogP contribution in [0.3, 0.4) is 0 Å². The summed E-state index contributed by atoms with van der Waals surface area (Å²) in [6.07, 6.45) is 0. The molecule has 0 saturated heterocycles. The number of methoxy groups -OCH3 is 1. The van der Waals surface area contributed by atoms with Crippen LogP contribution in [0, 0.1) is 0 Å². The zero-order valence-corrected chi connectivity index (χ0v) is 20.1. The molecule has 3 aromatic carbocycles. The Morgan fingerprint density at radius 1 is 1.00 bits per heavy atom. The van der Waals surface area contributed by atoms with Crippen LogP contribution in [0.1, 0.15) is 16.6 Å². The molecular formula is C26H21ClN2O4S. The highest BCUT2D eigenvalue weighted by Gasteiger charge is 2.20. The van der Waals surface area contributed by atoms with E-state index in [2.05, 4.69) is 28.9 Å². The highest BCUT2D eigenvalue weighted by Crippen LogP contribution is 2.37. The van der Waals surface area contributed by atoms with Crippen molar-refractivity contribution >= 4 is 72.4 Å². The van der Waals surface area contributed by atoms with E-state index in [1.54, 1.807) is 25.3 Å². The number of ether oxygens (including phenoxy) is 2. The first-order valence-electron chi connectivity index (χ1n) is 10.7. The number of aromatic nitrogens is 1. The molecule has 0 spiro atoms. The number of benzene rings is 3. The second-order valence-electron chi connectivity index (χ2n) is 7.72. The maximum Gasteiger partial charge on any atom is 0.350 e. The second-order valence-corrected chi connectivity index (χ2v) is 9.16. The predicted molar refractivity (Wildman–Crippen MR) is 137 cm³/mol. The van der Waals surface area contributed by atoms with Crippen LogP contribution in [0.4, 0.5) is 5.69 Å². The van der Waals surface area contributed by atoms with E-state index in [4.69, 9.17) is 21.1 Å². The SMILES string of the molecule is CCn1c2ccccc2c2cc(NC(=O)COC(=O)c3sc4cc(OC)ccc4c3Cl)ccc21. The molecule has 6 nitrogen and oxygen atoms in total. The Morgan fingerprint density at radius 2 is 1.79 bits per heavy atom. The summed E-state index contributed by atoms with van der Waals surface area (Å²) in [5.74, 6) is -0.392. The van der Waals surface area contributed by atoms with E-state index in [9.17, 15) is 9.59 Å². The Bertz CT molecular complexity index is 1570. The fourth-order valence-corrected chi connectivity index (χ4v) is 5.60. The van der Waals surface area contributed by atoms with Crippen molar-refractivity contribution < 1.29 is 19.1 Å². The Hall–Kier alpha value is -3.55. The molecule has 0 aliphatic rings. The molecule has 34 heavy (non-hydrogen) atoms. The Labute approximate surface area is 204 Å². The largest absolute Gasteiger partial charge is 0.497 e. The molecule has 0 atom stereocenters. The van der Waals surface area contributed by atoms with Gasteiger partial charge in [-0.1, -0.05) is 29.8 Å². The molecular weight excluding hydrogens is 472 g/mol. The Kier molecular flexibility index (Phi) is 5.89. The van der Waals surface area contributed by atoms with Gasteiger partial charge in [0, 0.05) is 44.1 Å². The number of hydrogen-bond donors (Lipinski definition) is 1. The highest BCUT2D eigenvalue weighted by atomic mass is 35.5. The summed E-state index contributed by atoms with van der Waals surface area (Å²) in [7, 11) is 1.57. The molecule has 0 unspecified atom stereocenters. The zero-order valence-electron chi connectivity index (χ0n) is 18.6. The summed E-state index contributed by atoms with van der Waals surface area (Å²) in [4.78, 5) is 25.4. The van der Waals surface area contributed by atoms with Crippen LogP contribution in [-0.2, 0) is 16.1 Å². The first-order valence-corrected chi connectivity index (χ1v) is 11.9. The van der Waals surface area contributed by atoms with Gasteiger partial charge in [0.25, 0.3) is 5.91 Å². The number of rotatable bonds is 6. The number of aryl methyl sites for hydroxylation is 1. The number of fused-ring (bicyclic) bond motifs is 4. The van der Waals surface area contributed by atoms with Crippen molar-refractivity contribution in [2.24, 2.45) is 0 Å². The third kappa shape index (κ3) is 3.87. The molecule has 0 aliphatic heterocycles. The summed E-state index contributed by atoms with van der Waals surface area (Å²) >= 11 is 7.58. The van der Waals surface area contributed by atoms with Crippen molar-refractivity contribution in [2.45, 2.75) is 13.5 Å². The summed E-state index contributed by atoms with van der Waals surface area (Å²) in [5.41, 5.74) is 2.89. The molecule has 5 aromatic rings. The van der Waals surface area contributed by atoms with E-state index in [1.807, 2.05) is 30.3 Å². The number of anilines is 1. The molecule has 0 saturated carbocycles. The molecule has 0 bridgehead atoms. The summed E-state index contributed by atoms with van der Waals surface area (Å²) in [6, 6.07) is 19.3. The van der Waals surface area contributed by atoms with Crippen molar-refractivity contribution in [1.82, 2.24) is 4.57 Å². The van der Waals surface area contributed by atoms with Gasteiger partial charge in [-0.05, 0) is 49.4 Å². The number of para-hydroxylation sites is 1. The highest BCUT2D eigenvalue weighted by molar-refractivity contribution is 7.21. The van der Waals surface area contributed by atoms with E-state index < -0.39 is 18.5 Å². The van der Waals surface area contributed by atoms with Gasteiger partial charge in [0.05, 0.1) is 12.1 Å². The molecule has 0 radical (unpaired) electrons. The molecule has 172 valence electrons. The number of nitrogens with one attached hydrogen (secondary N) is 1. The number of amides is 1. The van der Waals surface area contributed by atoms with Crippen LogP contribution in [-0.4, -0.2) is 30.2 Å². The van der Waals surface area contributed by atoms with Crippen molar-refractivity contribution in [3.05, 3.63) is 70.6 Å². The first kappa shape index (κ1) is 22.3. The fraction of sp³-hybridized carbons (Fsp3) is 0.154. The van der Waals surface area contributed by atoms with Gasteiger partial charge in [0.1, 0.15) is 10.6 Å². The minimum absolute atomic E-state index is 0.256. The maximum atomic E-state index is 12.6. The van der Waals surface area contributed by atoms with E-state index in [1.165, 1.54) is 11.3 Å². The van der Waals surface area contributed by atoms with Crippen LogP contribution in [0.25, 0.3) is 31.9 Å². The third-order valence-corrected chi connectivity index (χ3v) is 7.37. The monoisotopic (exact) mass is 492 g/mol. The predicted octanol–water partition coefficient (Wildman–Crippen LogP) is 6.49. The average molecular weight is 493 g/mol. The van der Waals surface area contributed by atoms with E-state index in [0.717, 1.165) is 38.4 Å². The lowest BCUT2D eigenvalue weighted by molar-refractivity contribution is -0.119. The van der Waals surface area contributed by atoms with Gasteiger partial charge in [-0.2, -0.15) is 0 Å². The second kappa shape index (κ2) is 9.00. The minimum Gasteiger partial charge on any atom is -0.497 e. The van der Waals surface area contributed by atoms with Crippen molar-refractivity contribution in [3.8, 4) is 5.75 Å². The van der Waals surface area contributed by atoms with Crippen molar-refractivity contribution in [2.75, 3.05) is 19.0 Å². The van der Waals surface area contributed by atoms with E-state index in [-0.39, 0.29) is 4.88 Å². The van der Waals surface area contributed by atoms with Crippen LogP contribution in [0.2, 0.25) is 5.02 Å². The number of carbonyl (C=O) groups is 2. The van der Waals surface area contributed by atoms with E-state index >= 15 is 0 Å². The van der Waals surface area contributed by atoms with E-state index in [0.29, 0.717) is 16.5 Å². The van der Waals surface area contributed by atoms with Gasteiger partial charge >= 0.3 is 5.97 Å². The zero-order chi connectivity index (χ0) is 23.8. The molecule has 2 heterocycles. The maximum absolute atomic E-state index is 12.6. The lowest BCUT2D eigenvalue weighted by Crippen LogP contribution is -2.20.